The molecule has 1 aromatic heterocycles. The molecular weight excluding hydrogens is 398 g/mol. The van der Waals surface area contributed by atoms with E-state index in [0.29, 0.717) is 35.9 Å². The Morgan fingerprint density at radius 1 is 0.967 bits per heavy atom. The monoisotopic (exact) mass is 429 g/mol. The predicted octanol–water partition coefficient (Wildman–Crippen LogP) is 6.30. The number of aromatic nitrogens is 1. The number of aliphatic hydroxyl groups is 1. The van der Waals surface area contributed by atoms with E-state index >= 15 is 0 Å². The molecule has 0 saturated heterocycles. The molecule has 1 heterocycles. The van der Waals surface area contributed by atoms with E-state index in [4.69, 9.17) is 16.0 Å². The molecule has 0 saturated carbocycles. The molecule has 0 radical (unpaired) electrons. The summed E-state index contributed by atoms with van der Waals surface area (Å²) in [6, 6.07) is 7.80. The van der Waals surface area contributed by atoms with Crippen molar-refractivity contribution in [2.75, 3.05) is 6.61 Å². The fourth-order valence-corrected chi connectivity index (χ4v) is 3.99. The number of hydrogen-bond donors (Lipinski definition) is 2. The zero-order valence-electron chi connectivity index (χ0n) is 18.8. The average Bonchev–Trinajstić information content (AvgIpc) is 3.01. The van der Waals surface area contributed by atoms with E-state index in [1.807, 2.05) is 12.1 Å². The van der Waals surface area contributed by atoms with Crippen LogP contribution in [0.25, 0.3) is 11.1 Å². The molecule has 0 aliphatic heterocycles. The molecule has 3 aromatic rings. The third kappa shape index (κ3) is 4.81. The number of benzene rings is 2. The Balaban J connectivity index is 2.06. The summed E-state index contributed by atoms with van der Waals surface area (Å²) in [5.74, 6) is 0.984. The van der Waals surface area contributed by atoms with Crippen LogP contribution in [0.15, 0.2) is 28.7 Å². The summed E-state index contributed by atoms with van der Waals surface area (Å²) >= 11 is 6.26. The Morgan fingerprint density at radius 2 is 1.57 bits per heavy atom. The molecule has 2 aromatic carbocycles. The standard InChI is InChI=1S/C25H32ClNO3/c1-24(2,3)18-10-15(11-19(22(18)29)25(4,5)6)12-21-27-20-14-17(26)13-16(8-7-9-28)23(20)30-21/h10-11,13-14,28-29H,7-9,12H2,1-6H3. The van der Waals surface area contributed by atoms with Gasteiger partial charge in [-0.1, -0.05) is 65.3 Å². The zero-order chi connectivity index (χ0) is 22.3. The van der Waals surface area contributed by atoms with Crippen LogP contribution < -0.4 is 0 Å². The Hall–Kier alpha value is -2.04. The number of oxazole rings is 1. The van der Waals surface area contributed by atoms with Crippen molar-refractivity contribution in [2.24, 2.45) is 0 Å². The van der Waals surface area contributed by atoms with E-state index in [-0.39, 0.29) is 17.4 Å². The van der Waals surface area contributed by atoms with Crippen LogP contribution in [0.5, 0.6) is 5.75 Å². The Bertz CT molecular complexity index is 1020. The first-order valence-corrected chi connectivity index (χ1v) is 10.8. The summed E-state index contributed by atoms with van der Waals surface area (Å²) in [4.78, 5) is 4.67. The van der Waals surface area contributed by atoms with Crippen LogP contribution in [0.1, 0.15) is 76.1 Å². The fourth-order valence-electron chi connectivity index (χ4n) is 3.76. The molecule has 2 N–H and O–H groups in total. The van der Waals surface area contributed by atoms with Gasteiger partial charge in [0.15, 0.2) is 11.5 Å². The first kappa shape index (κ1) is 22.6. The van der Waals surface area contributed by atoms with Crippen LogP contribution in [0, 0.1) is 0 Å². The summed E-state index contributed by atoms with van der Waals surface area (Å²) in [5.41, 5.74) is 4.95. The number of phenolic OH excluding ortho intramolecular Hbond substituents is 1. The van der Waals surface area contributed by atoms with Gasteiger partial charge in [0.25, 0.3) is 0 Å². The van der Waals surface area contributed by atoms with Crippen LogP contribution in [0.4, 0.5) is 0 Å². The molecule has 0 fully saturated rings. The van der Waals surface area contributed by atoms with E-state index in [1.54, 1.807) is 0 Å². The minimum absolute atomic E-state index is 0.119. The van der Waals surface area contributed by atoms with E-state index in [2.05, 4.69) is 58.7 Å². The van der Waals surface area contributed by atoms with Crippen molar-refractivity contribution < 1.29 is 14.6 Å². The predicted molar refractivity (Wildman–Crippen MR) is 123 cm³/mol. The lowest BCUT2D eigenvalue weighted by molar-refractivity contribution is 0.288. The van der Waals surface area contributed by atoms with Crippen molar-refractivity contribution in [2.45, 2.75) is 71.6 Å². The van der Waals surface area contributed by atoms with E-state index in [1.165, 1.54) is 0 Å². The van der Waals surface area contributed by atoms with Crippen molar-refractivity contribution in [1.29, 1.82) is 0 Å². The molecule has 5 heteroatoms. The third-order valence-corrected chi connectivity index (χ3v) is 5.54. The van der Waals surface area contributed by atoms with Gasteiger partial charge in [-0.2, -0.15) is 0 Å². The molecule has 0 aliphatic rings. The van der Waals surface area contributed by atoms with Gasteiger partial charge in [0.05, 0.1) is 0 Å². The van der Waals surface area contributed by atoms with Crippen molar-refractivity contribution in [3.63, 3.8) is 0 Å². The second kappa shape index (κ2) is 8.24. The highest BCUT2D eigenvalue weighted by Crippen LogP contribution is 2.40. The smallest absolute Gasteiger partial charge is 0.199 e. The number of halogens is 1. The van der Waals surface area contributed by atoms with Crippen molar-refractivity contribution >= 4 is 22.7 Å². The van der Waals surface area contributed by atoms with Gasteiger partial charge >= 0.3 is 0 Å². The fraction of sp³-hybridized carbons (Fsp3) is 0.480. The van der Waals surface area contributed by atoms with E-state index in [9.17, 15) is 10.2 Å². The van der Waals surface area contributed by atoms with Gasteiger partial charge in [-0.3, -0.25) is 0 Å². The molecule has 4 nitrogen and oxygen atoms in total. The normalized spacial score (nSPS) is 12.7. The number of hydrogen-bond acceptors (Lipinski definition) is 4. The second-order valence-corrected chi connectivity index (χ2v) is 10.5. The van der Waals surface area contributed by atoms with Gasteiger partial charge < -0.3 is 14.6 Å². The maximum atomic E-state index is 10.9. The minimum Gasteiger partial charge on any atom is -0.507 e. The van der Waals surface area contributed by atoms with Crippen LogP contribution in [-0.2, 0) is 23.7 Å². The molecule has 0 bridgehead atoms. The van der Waals surface area contributed by atoms with E-state index < -0.39 is 0 Å². The topological polar surface area (TPSA) is 66.5 Å². The lowest BCUT2D eigenvalue weighted by atomic mass is 9.78. The largest absolute Gasteiger partial charge is 0.507 e. The van der Waals surface area contributed by atoms with Crippen molar-refractivity contribution in [1.82, 2.24) is 4.98 Å². The average molecular weight is 430 g/mol. The number of phenols is 1. The molecular formula is C25H32ClNO3. The maximum Gasteiger partial charge on any atom is 0.199 e. The van der Waals surface area contributed by atoms with Crippen LogP contribution in [0.3, 0.4) is 0 Å². The number of aliphatic hydroxyl groups excluding tert-OH is 1. The van der Waals surface area contributed by atoms with E-state index in [0.717, 1.165) is 33.4 Å². The molecule has 0 spiro atoms. The summed E-state index contributed by atoms with van der Waals surface area (Å²) in [6.45, 7) is 12.7. The van der Waals surface area contributed by atoms with Crippen LogP contribution >= 0.6 is 11.6 Å². The zero-order valence-corrected chi connectivity index (χ0v) is 19.5. The highest BCUT2D eigenvalue weighted by atomic mass is 35.5. The highest BCUT2D eigenvalue weighted by molar-refractivity contribution is 6.31. The number of rotatable bonds is 5. The van der Waals surface area contributed by atoms with Gasteiger partial charge in [-0.25, -0.2) is 4.98 Å². The minimum atomic E-state index is -0.188. The molecule has 0 aliphatic carbocycles. The molecule has 30 heavy (non-hydrogen) atoms. The Labute approximate surface area is 183 Å². The lowest BCUT2D eigenvalue weighted by Crippen LogP contribution is -2.18. The molecule has 162 valence electrons. The number of fused-ring (bicyclic) bond motifs is 1. The Morgan fingerprint density at radius 3 is 2.10 bits per heavy atom. The van der Waals surface area contributed by atoms with Gasteiger partial charge in [0.1, 0.15) is 11.3 Å². The molecule has 0 atom stereocenters. The van der Waals surface area contributed by atoms with Crippen LogP contribution in [-0.4, -0.2) is 21.8 Å². The summed E-state index contributed by atoms with van der Waals surface area (Å²) in [6.07, 6.45) is 1.86. The molecule has 3 rings (SSSR count). The second-order valence-electron chi connectivity index (χ2n) is 10.1. The first-order chi connectivity index (χ1) is 13.9. The summed E-state index contributed by atoms with van der Waals surface area (Å²) in [5, 5.41) is 20.7. The third-order valence-electron chi connectivity index (χ3n) is 5.32. The summed E-state index contributed by atoms with van der Waals surface area (Å²) in [7, 11) is 0. The highest BCUT2D eigenvalue weighted by Gasteiger charge is 2.27. The van der Waals surface area contributed by atoms with Crippen molar-refractivity contribution in [3.05, 3.63) is 57.4 Å². The summed E-state index contributed by atoms with van der Waals surface area (Å²) < 4.78 is 6.12. The first-order valence-electron chi connectivity index (χ1n) is 10.5. The van der Waals surface area contributed by atoms with Gasteiger partial charge in [0, 0.05) is 18.1 Å². The SMILES string of the molecule is CC(C)(C)c1cc(Cc2nc3cc(Cl)cc(CCCO)c3o2)cc(C(C)(C)C)c1O. The van der Waals surface area contributed by atoms with Gasteiger partial charge in [-0.05, 0) is 58.1 Å². The van der Waals surface area contributed by atoms with Gasteiger partial charge in [0.2, 0.25) is 0 Å². The Kier molecular flexibility index (Phi) is 6.22. The van der Waals surface area contributed by atoms with Crippen LogP contribution in [0.2, 0.25) is 5.02 Å². The molecule has 0 amide bonds. The number of aromatic hydroxyl groups is 1. The lowest BCUT2D eigenvalue weighted by Gasteiger charge is -2.28. The quantitative estimate of drug-likeness (QED) is 0.499. The van der Waals surface area contributed by atoms with Crippen molar-refractivity contribution in [3.8, 4) is 5.75 Å². The molecule has 0 unspecified atom stereocenters. The maximum absolute atomic E-state index is 10.9. The number of nitrogens with zero attached hydrogens (tertiary/aromatic N) is 1. The van der Waals surface area contributed by atoms with Gasteiger partial charge in [-0.15, -0.1) is 0 Å². The number of aryl methyl sites for hydroxylation is 1.